The molecule has 2 N–H and O–H groups in total. The Morgan fingerprint density at radius 1 is 1.17 bits per heavy atom. The van der Waals surface area contributed by atoms with Crippen molar-refractivity contribution in [2.45, 2.75) is 20.8 Å². The fourth-order valence-electron chi connectivity index (χ4n) is 2.29. The number of nitrogen functional groups attached to an aromatic ring is 1. The van der Waals surface area contributed by atoms with E-state index in [1.807, 2.05) is 38.1 Å². The molecule has 0 aliphatic rings. The minimum absolute atomic E-state index is 0.242. The van der Waals surface area contributed by atoms with Crippen LogP contribution in [-0.4, -0.2) is 19.7 Å². The first-order valence-corrected chi connectivity index (χ1v) is 7.32. The molecule has 120 valence electrons. The van der Waals surface area contributed by atoms with E-state index in [1.54, 1.807) is 13.0 Å². The third kappa shape index (κ3) is 2.77. The zero-order valence-corrected chi connectivity index (χ0v) is 13.6. The monoisotopic (exact) mass is 320 g/mol. The summed E-state index contributed by atoms with van der Waals surface area (Å²) in [6.07, 6.45) is 1.37. The fourth-order valence-corrected chi connectivity index (χ4v) is 2.29. The quantitative estimate of drug-likeness (QED) is 0.796. The molecule has 0 atom stereocenters. The van der Waals surface area contributed by atoms with Gasteiger partial charge in [0.2, 0.25) is 5.88 Å². The molecule has 0 bridgehead atoms. The number of rotatable bonds is 3. The number of aryl methyl sites for hydroxylation is 3. The van der Waals surface area contributed by atoms with Gasteiger partial charge in [-0.15, -0.1) is 0 Å². The van der Waals surface area contributed by atoms with Crippen molar-refractivity contribution in [3.63, 3.8) is 0 Å². The molecule has 0 radical (unpaired) electrons. The molecule has 3 rings (SSSR count). The number of hydrogen-bond acceptors (Lipinski definition) is 6. The molecule has 1 aromatic carbocycles. The number of hydrogen-bond donors (Lipinski definition) is 1. The van der Waals surface area contributed by atoms with E-state index in [1.165, 1.54) is 11.0 Å². The molecule has 24 heavy (non-hydrogen) atoms. The zero-order valence-electron chi connectivity index (χ0n) is 13.6. The van der Waals surface area contributed by atoms with Crippen LogP contribution in [0.3, 0.4) is 0 Å². The van der Waals surface area contributed by atoms with E-state index in [4.69, 9.17) is 15.7 Å². The highest BCUT2D eigenvalue weighted by atomic mass is 16.5. The number of nitrogens with two attached hydrogens (primary N) is 1. The number of aromatic nitrogens is 4. The van der Waals surface area contributed by atoms with Gasteiger partial charge < -0.3 is 10.5 Å². The number of benzene rings is 1. The summed E-state index contributed by atoms with van der Waals surface area (Å²) in [6, 6.07) is 9.62. The number of ether oxygens (including phenoxy) is 1. The Bertz CT molecular complexity index is 954. The van der Waals surface area contributed by atoms with Crippen LogP contribution in [0.2, 0.25) is 0 Å². The molecule has 0 aliphatic heterocycles. The molecule has 0 spiro atoms. The molecule has 0 unspecified atom stereocenters. The smallest absolute Gasteiger partial charge is 0.224 e. The van der Waals surface area contributed by atoms with Crippen molar-refractivity contribution in [2.75, 3.05) is 5.73 Å². The Labute approximate surface area is 139 Å². The van der Waals surface area contributed by atoms with Crippen molar-refractivity contribution < 1.29 is 4.74 Å². The van der Waals surface area contributed by atoms with E-state index in [9.17, 15) is 0 Å². The first kappa shape index (κ1) is 15.5. The molecule has 7 heteroatoms. The first-order chi connectivity index (χ1) is 11.5. The lowest BCUT2D eigenvalue weighted by Crippen LogP contribution is -2.05. The lowest BCUT2D eigenvalue weighted by molar-refractivity contribution is 0.457. The average molecular weight is 320 g/mol. The Morgan fingerprint density at radius 2 is 1.96 bits per heavy atom. The number of anilines is 1. The van der Waals surface area contributed by atoms with Gasteiger partial charge in [-0.2, -0.15) is 15.0 Å². The predicted octanol–water partition coefficient (Wildman–Crippen LogP) is 2.83. The van der Waals surface area contributed by atoms with Crippen molar-refractivity contribution in [2.24, 2.45) is 0 Å². The van der Waals surface area contributed by atoms with Gasteiger partial charge in [-0.05, 0) is 38.0 Å². The second-order valence-corrected chi connectivity index (χ2v) is 5.45. The Balaban J connectivity index is 1.98. The van der Waals surface area contributed by atoms with Gasteiger partial charge in [0.25, 0.3) is 0 Å². The molecule has 2 heterocycles. The second-order valence-electron chi connectivity index (χ2n) is 5.45. The van der Waals surface area contributed by atoms with Gasteiger partial charge in [-0.1, -0.05) is 12.1 Å². The largest absolute Gasteiger partial charge is 0.439 e. The summed E-state index contributed by atoms with van der Waals surface area (Å²) < 4.78 is 7.27. The summed E-state index contributed by atoms with van der Waals surface area (Å²) in [5.74, 6) is 1.78. The van der Waals surface area contributed by atoms with E-state index in [0.29, 0.717) is 23.0 Å². The highest BCUT2D eigenvalue weighted by Gasteiger charge is 2.15. The Kier molecular flexibility index (Phi) is 3.88. The summed E-state index contributed by atoms with van der Waals surface area (Å²) in [7, 11) is 0. The molecule has 0 saturated carbocycles. The fraction of sp³-hybridized carbons (Fsp3) is 0.176. The standard InChI is InChI=1S/C17H16N6O/c1-10-4-5-11(2)14(6-10)24-16-7-15(20-9-21-16)23-17(19)13(8-18)12(3)22-23/h4-7,9H,19H2,1-3H3. The van der Waals surface area contributed by atoms with Crippen LogP contribution in [0.5, 0.6) is 11.6 Å². The minimum atomic E-state index is 0.242. The second kappa shape index (κ2) is 6.01. The molecule has 7 nitrogen and oxygen atoms in total. The van der Waals surface area contributed by atoms with Crippen molar-refractivity contribution in [1.82, 2.24) is 19.7 Å². The van der Waals surface area contributed by atoms with E-state index < -0.39 is 0 Å². The third-order valence-electron chi connectivity index (χ3n) is 3.61. The maximum absolute atomic E-state index is 9.12. The van der Waals surface area contributed by atoms with Crippen LogP contribution in [0, 0.1) is 32.1 Å². The minimum Gasteiger partial charge on any atom is -0.439 e. The normalized spacial score (nSPS) is 10.4. The van der Waals surface area contributed by atoms with E-state index in [0.717, 1.165) is 16.9 Å². The van der Waals surface area contributed by atoms with Crippen LogP contribution < -0.4 is 10.5 Å². The summed E-state index contributed by atoms with van der Waals surface area (Å²) in [6.45, 7) is 5.68. The van der Waals surface area contributed by atoms with Crippen LogP contribution in [0.4, 0.5) is 5.82 Å². The Hall–Kier alpha value is -3.40. The molecular formula is C17H16N6O. The van der Waals surface area contributed by atoms with Gasteiger partial charge in [0, 0.05) is 6.07 Å². The van der Waals surface area contributed by atoms with Crippen molar-refractivity contribution >= 4 is 5.82 Å². The predicted molar refractivity (Wildman–Crippen MR) is 89.0 cm³/mol. The van der Waals surface area contributed by atoms with E-state index in [2.05, 4.69) is 15.1 Å². The molecule has 0 aliphatic carbocycles. The van der Waals surface area contributed by atoms with Crippen LogP contribution >= 0.6 is 0 Å². The molecule has 2 aromatic heterocycles. The maximum Gasteiger partial charge on any atom is 0.224 e. The third-order valence-corrected chi connectivity index (χ3v) is 3.61. The SMILES string of the molecule is Cc1ccc(C)c(Oc2cc(-n3nc(C)c(C#N)c3N)ncn2)c1. The van der Waals surface area contributed by atoms with Gasteiger partial charge in [0.1, 0.15) is 29.5 Å². The van der Waals surface area contributed by atoms with Gasteiger partial charge >= 0.3 is 0 Å². The summed E-state index contributed by atoms with van der Waals surface area (Å²) in [4.78, 5) is 8.29. The van der Waals surface area contributed by atoms with E-state index in [-0.39, 0.29) is 5.82 Å². The number of nitrogens with zero attached hydrogens (tertiary/aromatic N) is 5. The van der Waals surface area contributed by atoms with Gasteiger partial charge in [-0.3, -0.25) is 0 Å². The highest BCUT2D eigenvalue weighted by Crippen LogP contribution is 2.26. The summed E-state index contributed by atoms with van der Waals surface area (Å²) in [5.41, 5.74) is 8.95. The Morgan fingerprint density at radius 3 is 2.67 bits per heavy atom. The summed E-state index contributed by atoms with van der Waals surface area (Å²) in [5, 5.41) is 13.4. The van der Waals surface area contributed by atoms with Crippen LogP contribution in [0.15, 0.2) is 30.6 Å². The molecule has 0 saturated heterocycles. The van der Waals surface area contributed by atoms with Crippen molar-refractivity contribution in [3.05, 3.63) is 53.0 Å². The van der Waals surface area contributed by atoms with Crippen molar-refractivity contribution in [3.8, 4) is 23.5 Å². The van der Waals surface area contributed by atoms with Crippen LogP contribution in [0.25, 0.3) is 5.82 Å². The molecule has 0 amide bonds. The lowest BCUT2D eigenvalue weighted by Gasteiger charge is -2.09. The summed E-state index contributed by atoms with van der Waals surface area (Å²) >= 11 is 0. The van der Waals surface area contributed by atoms with Crippen LogP contribution in [-0.2, 0) is 0 Å². The van der Waals surface area contributed by atoms with E-state index >= 15 is 0 Å². The van der Waals surface area contributed by atoms with Gasteiger partial charge in [0.05, 0.1) is 5.69 Å². The number of nitriles is 1. The zero-order chi connectivity index (χ0) is 17.3. The maximum atomic E-state index is 9.12. The molecule has 0 fully saturated rings. The molecule has 3 aromatic rings. The lowest BCUT2D eigenvalue weighted by atomic mass is 10.1. The average Bonchev–Trinajstić information content (AvgIpc) is 2.85. The van der Waals surface area contributed by atoms with Crippen molar-refractivity contribution in [1.29, 1.82) is 5.26 Å². The molecular weight excluding hydrogens is 304 g/mol. The van der Waals surface area contributed by atoms with Gasteiger partial charge in [0.15, 0.2) is 5.82 Å². The highest BCUT2D eigenvalue weighted by molar-refractivity contribution is 5.55. The topological polar surface area (TPSA) is 103 Å². The van der Waals surface area contributed by atoms with Crippen LogP contribution in [0.1, 0.15) is 22.4 Å². The van der Waals surface area contributed by atoms with Gasteiger partial charge in [-0.25, -0.2) is 9.97 Å². The first-order valence-electron chi connectivity index (χ1n) is 7.32.